The molecule has 1 aromatic heterocycles. The largest absolute Gasteiger partial charge is 0.347 e. The Morgan fingerprint density at radius 3 is 3.00 bits per heavy atom. The summed E-state index contributed by atoms with van der Waals surface area (Å²) in [5, 5.41) is 10.3. The third kappa shape index (κ3) is 1.86. The van der Waals surface area contributed by atoms with Crippen molar-refractivity contribution in [2.45, 2.75) is 12.8 Å². The van der Waals surface area contributed by atoms with Gasteiger partial charge in [-0.05, 0) is 6.42 Å². The minimum absolute atomic E-state index is 0.283. The van der Waals surface area contributed by atoms with Gasteiger partial charge in [0.15, 0.2) is 11.6 Å². The van der Waals surface area contributed by atoms with Crippen molar-refractivity contribution in [3.63, 3.8) is 0 Å². The third-order valence-corrected chi connectivity index (χ3v) is 3.10. The predicted octanol–water partition coefficient (Wildman–Crippen LogP) is 1.80. The Bertz CT molecular complexity index is 562. The first-order valence-corrected chi connectivity index (χ1v) is 5.82. The molecule has 3 rings (SSSR count). The Morgan fingerprint density at radius 1 is 1.24 bits per heavy atom. The Kier molecular flexibility index (Phi) is 2.48. The van der Waals surface area contributed by atoms with E-state index in [4.69, 9.17) is 0 Å². The molecule has 0 amide bonds. The van der Waals surface area contributed by atoms with Gasteiger partial charge in [0.1, 0.15) is 0 Å². The molecule has 0 unspecified atom stereocenters. The first-order valence-electron chi connectivity index (χ1n) is 5.82. The van der Waals surface area contributed by atoms with Crippen molar-refractivity contribution >= 4 is 22.4 Å². The van der Waals surface area contributed by atoms with E-state index in [1.165, 1.54) is 0 Å². The van der Waals surface area contributed by atoms with Crippen LogP contribution in [0.5, 0.6) is 0 Å². The Labute approximate surface area is 99.3 Å². The van der Waals surface area contributed by atoms with Crippen LogP contribution in [0.4, 0.5) is 5.82 Å². The molecule has 2 aromatic rings. The van der Waals surface area contributed by atoms with Crippen LogP contribution in [0.25, 0.3) is 10.8 Å². The van der Waals surface area contributed by atoms with E-state index in [1.807, 2.05) is 29.2 Å². The molecule has 0 saturated carbocycles. The van der Waals surface area contributed by atoms with Gasteiger partial charge < -0.3 is 4.90 Å². The highest BCUT2D eigenvalue weighted by molar-refractivity contribution is 5.93. The van der Waals surface area contributed by atoms with Crippen LogP contribution in [0, 0.1) is 0 Å². The van der Waals surface area contributed by atoms with E-state index in [-0.39, 0.29) is 5.78 Å². The molecule has 86 valence electrons. The van der Waals surface area contributed by atoms with Crippen LogP contribution in [0.3, 0.4) is 0 Å². The van der Waals surface area contributed by atoms with E-state index in [1.54, 1.807) is 6.20 Å². The number of benzene rings is 1. The van der Waals surface area contributed by atoms with Crippen molar-refractivity contribution < 1.29 is 4.79 Å². The van der Waals surface area contributed by atoms with E-state index in [0.717, 1.165) is 29.6 Å². The van der Waals surface area contributed by atoms with Crippen molar-refractivity contribution in [3.05, 3.63) is 30.5 Å². The van der Waals surface area contributed by atoms with Crippen molar-refractivity contribution in [1.29, 1.82) is 0 Å². The number of fused-ring (bicyclic) bond motifs is 1. The summed E-state index contributed by atoms with van der Waals surface area (Å²) in [7, 11) is 0. The number of anilines is 1. The summed E-state index contributed by atoms with van der Waals surface area (Å²) in [4.78, 5) is 13.5. The van der Waals surface area contributed by atoms with Gasteiger partial charge in [0.2, 0.25) is 0 Å². The van der Waals surface area contributed by atoms with Crippen LogP contribution < -0.4 is 4.90 Å². The zero-order valence-electron chi connectivity index (χ0n) is 9.47. The van der Waals surface area contributed by atoms with Crippen LogP contribution in [0.1, 0.15) is 12.8 Å². The molecular weight excluding hydrogens is 214 g/mol. The van der Waals surface area contributed by atoms with Gasteiger partial charge in [-0.2, -0.15) is 5.10 Å². The Morgan fingerprint density at radius 2 is 2.12 bits per heavy atom. The van der Waals surface area contributed by atoms with E-state index in [0.29, 0.717) is 13.0 Å². The lowest BCUT2D eigenvalue weighted by molar-refractivity contribution is -0.118. The van der Waals surface area contributed by atoms with Gasteiger partial charge >= 0.3 is 0 Å². The summed E-state index contributed by atoms with van der Waals surface area (Å²) in [6.45, 7) is 1.34. The van der Waals surface area contributed by atoms with Crippen molar-refractivity contribution in [2.75, 3.05) is 18.0 Å². The van der Waals surface area contributed by atoms with E-state index in [2.05, 4.69) is 10.2 Å². The maximum atomic E-state index is 11.5. The number of carbonyl (C=O) groups excluding carboxylic acids is 1. The highest BCUT2D eigenvalue weighted by Gasteiger charge is 2.19. The lowest BCUT2D eigenvalue weighted by atomic mass is 10.1. The number of ketones is 1. The highest BCUT2D eigenvalue weighted by atomic mass is 16.1. The smallest absolute Gasteiger partial charge is 0.159 e. The lowest BCUT2D eigenvalue weighted by Crippen LogP contribution is -2.36. The average molecular weight is 227 g/mol. The molecule has 17 heavy (non-hydrogen) atoms. The van der Waals surface area contributed by atoms with Gasteiger partial charge in [-0.25, -0.2) is 0 Å². The molecule has 4 nitrogen and oxygen atoms in total. The second kappa shape index (κ2) is 4.13. The van der Waals surface area contributed by atoms with Gasteiger partial charge in [-0.15, -0.1) is 5.10 Å². The van der Waals surface area contributed by atoms with E-state index < -0.39 is 0 Å². The van der Waals surface area contributed by atoms with Gasteiger partial charge in [0, 0.05) is 23.7 Å². The second-order valence-electron chi connectivity index (χ2n) is 4.32. The van der Waals surface area contributed by atoms with Gasteiger partial charge in [0.05, 0.1) is 12.7 Å². The van der Waals surface area contributed by atoms with Crippen molar-refractivity contribution in [2.24, 2.45) is 0 Å². The number of piperidine rings is 1. The number of hydrogen-bond donors (Lipinski definition) is 0. The molecule has 4 heteroatoms. The molecule has 1 aliphatic heterocycles. The van der Waals surface area contributed by atoms with Crippen molar-refractivity contribution in [3.8, 4) is 0 Å². The summed E-state index contributed by atoms with van der Waals surface area (Å²) in [5.41, 5.74) is 0. The molecule has 0 atom stereocenters. The van der Waals surface area contributed by atoms with Gasteiger partial charge in [0.25, 0.3) is 0 Å². The monoisotopic (exact) mass is 227 g/mol. The summed E-state index contributed by atoms with van der Waals surface area (Å²) in [6, 6.07) is 8.01. The summed E-state index contributed by atoms with van der Waals surface area (Å²) < 4.78 is 0. The fraction of sp³-hybridized carbons (Fsp3) is 0.308. The standard InChI is InChI=1S/C13H13N3O/c17-11-5-3-7-16(9-11)13-12-6-2-1-4-10(12)8-14-15-13/h1-2,4,6,8H,3,5,7,9H2. The molecule has 0 N–H and O–H groups in total. The number of carbonyl (C=O) groups is 1. The molecule has 1 saturated heterocycles. The fourth-order valence-corrected chi connectivity index (χ4v) is 2.27. The molecule has 0 spiro atoms. The maximum Gasteiger partial charge on any atom is 0.159 e. The van der Waals surface area contributed by atoms with Crippen LogP contribution in [-0.2, 0) is 4.79 Å². The number of Topliss-reactive ketones (excluding diaryl/α,β-unsaturated/α-hetero) is 1. The molecule has 1 aliphatic rings. The lowest BCUT2D eigenvalue weighted by Gasteiger charge is -2.27. The molecule has 0 radical (unpaired) electrons. The van der Waals surface area contributed by atoms with Gasteiger partial charge in [-0.3, -0.25) is 4.79 Å². The fourth-order valence-electron chi connectivity index (χ4n) is 2.27. The van der Waals surface area contributed by atoms with Crippen LogP contribution >= 0.6 is 0 Å². The number of aromatic nitrogens is 2. The quantitative estimate of drug-likeness (QED) is 0.745. The zero-order valence-corrected chi connectivity index (χ0v) is 9.47. The summed E-state index contributed by atoms with van der Waals surface area (Å²) in [6.07, 6.45) is 3.35. The van der Waals surface area contributed by atoms with E-state index >= 15 is 0 Å². The van der Waals surface area contributed by atoms with Crippen LogP contribution in [-0.4, -0.2) is 29.1 Å². The van der Waals surface area contributed by atoms with Gasteiger partial charge in [-0.1, -0.05) is 24.3 Å². The number of nitrogens with zero attached hydrogens (tertiary/aromatic N) is 3. The molecule has 0 bridgehead atoms. The Balaban J connectivity index is 2.07. The zero-order chi connectivity index (χ0) is 11.7. The highest BCUT2D eigenvalue weighted by Crippen LogP contribution is 2.24. The second-order valence-corrected chi connectivity index (χ2v) is 4.32. The van der Waals surface area contributed by atoms with Crippen molar-refractivity contribution in [1.82, 2.24) is 10.2 Å². The maximum absolute atomic E-state index is 11.5. The van der Waals surface area contributed by atoms with Crippen LogP contribution in [0.2, 0.25) is 0 Å². The number of hydrogen-bond acceptors (Lipinski definition) is 4. The molecular formula is C13H13N3O. The summed E-state index contributed by atoms with van der Waals surface area (Å²) >= 11 is 0. The first kappa shape index (κ1) is 10.2. The molecule has 0 aliphatic carbocycles. The SMILES string of the molecule is O=C1CCCN(c2nncc3ccccc23)C1. The molecule has 1 fully saturated rings. The normalized spacial score (nSPS) is 16.5. The minimum atomic E-state index is 0.283. The van der Waals surface area contributed by atoms with E-state index in [9.17, 15) is 4.79 Å². The molecule has 1 aromatic carbocycles. The van der Waals surface area contributed by atoms with Crippen LogP contribution in [0.15, 0.2) is 30.5 Å². The third-order valence-electron chi connectivity index (χ3n) is 3.10. The average Bonchev–Trinajstić information content (AvgIpc) is 2.38. The molecule has 2 heterocycles. The minimum Gasteiger partial charge on any atom is -0.347 e. The topological polar surface area (TPSA) is 46.1 Å². The number of rotatable bonds is 1. The summed E-state index contributed by atoms with van der Waals surface area (Å²) in [5.74, 6) is 1.11. The Hall–Kier alpha value is -1.97. The predicted molar refractivity (Wildman–Crippen MR) is 66.0 cm³/mol. The first-order chi connectivity index (χ1) is 8.34.